The second kappa shape index (κ2) is 32.1. The molecule has 50 heavy (non-hydrogen) atoms. The zero-order chi connectivity index (χ0) is 37.4. The molecule has 1 amide bonds. The Morgan fingerprint density at radius 3 is 1.94 bits per heavy atom. The van der Waals surface area contributed by atoms with Crippen molar-refractivity contribution >= 4 is 13.7 Å². The summed E-state index contributed by atoms with van der Waals surface area (Å²) in [5, 5.41) is 23.5. The molecule has 10 heteroatoms. The molecule has 0 heterocycles. The van der Waals surface area contributed by atoms with Crippen LogP contribution >= 0.6 is 7.82 Å². The average Bonchev–Trinajstić information content (AvgIpc) is 3.05. The number of amides is 1. The van der Waals surface area contributed by atoms with Gasteiger partial charge in [-0.2, -0.15) is 0 Å². The van der Waals surface area contributed by atoms with E-state index in [1.54, 1.807) is 12.2 Å². The molecule has 2 unspecified atom stereocenters. The van der Waals surface area contributed by atoms with Crippen LogP contribution < -0.4 is 10.2 Å². The van der Waals surface area contributed by atoms with E-state index in [1.807, 2.05) is 45.4 Å². The van der Waals surface area contributed by atoms with E-state index in [0.717, 1.165) is 57.8 Å². The maximum atomic E-state index is 12.8. The number of allylic oxidation sites excluding steroid dienone is 5. The summed E-state index contributed by atoms with van der Waals surface area (Å²) in [5.74, 6) is -0.241. The summed E-state index contributed by atoms with van der Waals surface area (Å²) < 4.78 is 23.1. The summed E-state index contributed by atoms with van der Waals surface area (Å²) in [7, 11) is 1.20. The van der Waals surface area contributed by atoms with E-state index in [9.17, 15) is 24.5 Å². The SMILES string of the molecule is CC/C=C/CC(O)/C=C/C=C/CCCCCCCC(=O)N[C@@H](COP(=O)([O-])OCC[N+](C)(C)C)[C@H](O)/C=C/CCCCCCCCCCCC. The number of aliphatic hydroxyl groups is 2. The number of unbranched alkanes of at least 4 members (excludes halogenated alkanes) is 15. The fraction of sp³-hybridized carbons (Fsp3) is 0.775. The van der Waals surface area contributed by atoms with Gasteiger partial charge in [-0.05, 0) is 44.9 Å². The third-order valence-corrected chi connectivity index (χ3v) is 9.34. The van der Waals surface area contributed by atoms with Gasteiger partial charge in [0.15, 0.2) is 0 Å². The Balaban J connectivity index is 4.60. The molecule has 0 rings (SSSR count). The average molecular weight is 727 g/mol. The number of phosphoric ester groups is 1. The second-order valence-electron chi connectivity index (χ2n) is 14.5. The Kier molecular flexibility index (Phi) is 31.1. The Morgan fingerprint density at radius 2 is 1.34 bits per heavy atom. The van der Waals surface area contributed by atoms with Crippen molar-refractivity contribution < 1.29 is 38.0 Å². The molecule has 0 fully saturated rings. The van der Waals surface area contributed by atoms with Crippen LogP contribution in [0.2, 0.25) is 0 Å². The molecule has 4 atom stereocenters. The standard InChI is InChI=1S/C40H75N2O7P/c1-6-8-10-11-12-13-14-15-18-21-24-28-32-39(44)38(36-49-50(46,47)48-35-34-42(3,4)5)41-40(45)33-29-25-22-19-16-17-20-23-27-31-37(43)30-26-9-7-2/h9,20,23,26-28,31-32,37-39,43-44H,6-8,10-19,21-22,24-25,29-30,33-36H2,1-5H3,(H-,41,45,46,47)/b23-20+,26-9+,31-27+,32-28+/t37?,38-,39+/m0/s1. The zero-order valence-electron chi connectivity index (χ0n) is 32.4. The monoisotopic (exact) mass is 727 g/mol. The highest BCUT2D eigenvalue weighted by molar-refractivity contribution is 7.45. The van der Waals surface area contributed by atoms with Crippen molar-refractivity contribution in [3.8, 4) is 0 Å². The fourth-order valence-electron chi connectivity index (χ4n) is 5.19. The van der Waals surface area contributed by atoms with Crippen LogP contribution in [0.25, 0.3) is 0 Å². The van der Waals surface area contributed by atoms with Crippen molar-refractivity contribution in [1.82, 2.24) is 5.32 Å². The molecule has 0 saturated heterocycles. The van der Waals surface area contributed by atoms with E-state index in [4.69, 9.17) is 9.05 Å². The summed E-state index contributed by atoms with van der Waals surface area (Å²) >= 11 is 0. The first kappa shape index (κ1) is 48.4. The molecule has 0 aromatic heterocycles. The van der Waals surface area contributed by atoms with Gasteiger partial charge in [0.05, 0.1) is 46.0 Å². The van der Waals surface area contributed by atoms with Gasteiger partial charge in [0.1, 0.15) is 13.2 Å². The number of likely N-dealkylation sites (N-methyl/N-ethyl adjacent to an activating group) is 1. The quantitative estimate of drug-likeness (QED) is 0.0200. The van der Waals surface area contributed by atoms with Gasteiger partial charge in [-0.1, -0.05) is 140 Å². The number of nitrogens with zero attached hydrogens (tertiary/aromatic N) is 1. The largest absolute Gasteiger partial charge is 0.756 e. The smallest absolute Gasteiger partial charge is 0.268 e. The van der Waals surface area contributed by atoms with Gasteiger partial charge in [0, 0.05) is 6.42 Å². The maximum absolute atomic E-state index is 12.8. The number of rotatable bonds is 34. The lowest BCUT2D eigenvalue weighted by atomic mass is 10.1. The second-order valence-corrected chi connectivity index (χ2v) is 15.9. The minimum absolute atomic E-state index is 0.0166. The Hall–Kier alpha value is -1.58. The molecule has 0 aromatic carbocycles. The Labute approximate surface area is 306 Å². The van der Waals surface area contributed by atoms with Crippen LogP contribution in [-0.2, 0) is 18.4 Å². The molecule has 0 aromatic rings. The first-order valence-corrected chi connectivity index (χ1v) is 21.1. The number of carbonyl (C=O) groups excluding carboxylic acids is 1. The Bertz CT molecular complexity index is 977. The van der Waals surface area contributed by atoms with Crippen LogP contribution in [-0.4, -0.2) is 79.8 Å². The summed E-state index contributed by atoms with van der Waals surface area (Å²) in [6.45, 7) is 4.37. The van der Waals surface area contributed by atoms with Crippen molar-refractivity contribution in [2.45, 2.75) is 161 Å². The third kappa shape index (κ3) is 33.6. The van der Waals surface area contributed by atoms with Crippen LogP contribution in [0.5, 0.6) is 0 Å². The summed E-state index contributed by atoms with van der Waals surface area (Å²) in [6.07, 6.45) is 34.8. The number of aliphatic hydroxyl groups excluding tert-OH is 2. The van der Waals surface area contributed by atoms with Gasteiger partial charge < -0.3 is 34.0 Å². The van der Waals surface area contributed by atoms with Crippen molar-refractivity contribution in [3.63, 3.8) is 0 Å². The van der Waals surface area contributed by atoms with Crippen molar-refractivity contribution in [3.05, 3.63) is 48.6 Å². The predicted molar refractivity (Wildman–Crippen MR) is 207 cm³/mol. The summed E-state index contributed by atoms with van der Waals surface area (Å²) in [6, 6.07) is -0.912. The van der Waals surface area contributed by atoms with Gasteiger partial charge in [-0.25, -0.2) is 0 Å². The molecule has 0 bridgehead atoms. The van der Waals surface area contributed by atoms with Crippen molar-refractivity contribution in [1.29, 1.82) is 0 Å². The first-order valence-electron chi connectivity index (χ1n) is 19.6. The van der Waals surface area contributed by atoms with Crippen LogP contribution in [0.15, 0.2) is 48.6 Å². The number of hydrogen-bond acceptors (Lipinski definition) is 7. The molecule has 0 aliphatic heterocycles. The molecular formula is C40H75N2O7P. The van der Waals surface area contributed by atoms with Crippen LogP contribution in [0.1, 0.15) is 142 Å². The first-order chi connectivity index (χ1) is 23.9. The number of carbonyl (C=O) groups is 1. The number of hydrogen-bond donors (Lipinski definition) is 3. The maximum Gasteiger partial charge on any atom is 0.268 e. The molecule has 292 valence electrons. The molecule has 0 aliphatic rings. The van der Waals surface area contributed by atoms with Gasteiger partial charge in [0.25, 0.3) is 7.82 Å². The molecule has 0 radical (unpaired) electrons. The summed E-state index contributed by atoms with van der Waals surface area (Å²) in [4.78, 5) is 25.2. The topological polar surface area (TPSA) is 128 Å². The molecule has 0 saturated carbocycles. The number of nitrogens with one attached hydrogen (secondary N) is 1. The lowest BCUT2D eigenvalue weighted by molar-refractivity contribution is -0.870. The lowest BCUT2D eigenvalue weighted by Gasteiger charge is -2.29. The number of phosphoric acid groups is 1. The highest BCUT2D eigenvalue weighted by Crippen LogP contribution is 2.38. The van der Waals surface area contributed by atoms with Crippen LogP contribution in [0.4, 0.5) is 0 Å². The van der Waals surface area contributed by atoms with Gasteiger partial charge >= 0.3 is 0 Å². The van der Waals surface area contributed by atoms with E-state index in [0.29, 0.717) is 30.3 Å². The van der Waals surface area contributed by atoms with Gasteiger partial charge in [0.2, 0.25) is 5.91 Å². The third-order valence-electron chi connectivity index (χ3n) is 8.37. The van der Waals surface area contributed by atoms with E-state index in [1.165, 1.54) is 51.4 Å². The van der Waals surface area contributed by atoms with Gasteiger partial charge in [-0.15, -0.1) is 0 Å². The van der Waals surface area contributed by atoms with E-state index in [-0.39, 0.29) is 12.5 Å². The van der Waals surface area contributed by atoms with E-state index in [2.05, 4.69) is 31.3 Å². The van der Waals surface area contributed by atoms with Crippen LogP contribution in [0, 0.1) is 0 Å². The Morgan fingerprint density at radius 1 is 0.760 bits per heavy atom. The van der Waals surface area contributed by atoms with E-state index < -0.39 is 32.7 Å². The lowest BCUT2D eigenvalue weighted by Crippen LogP contribution is -2.45. The van der Waals surface area contributed by atoms with E-state index >= 15 is 0 Å². The minimum atomic E-state index is -4.60. The fourth-order valence-corrected chi connectivity index (χ4v) is 5.91. The summed E-state index contributed by atoms with van der Waals surface area (Å²) in [5.41, 5.74) is 0. The van der Waals surface area contributed by atoms with Crippen molar-refractivity contribution in [2.75, 3.05) is 40.9 Å². The molecule has 0 spiro atoms. The molecule has 9 nitrogen and oxygen atoms in total. The highest BCUT2D eigenvalue weighted by atomic mass is 31.2. The predicted octanol–water partition coefficient (Wildman–Crippen LogP) is 8.47. The molecule has 0 aliphatic carbocycles. The zero-order valence-corrected chi connectivity index (χ0v) is 33.3. The molecular weight excluding hydrogens is 651 g/mol. The highest BCUT2D eigenvalue weighted by Gasteiger charge is 2.23. The molecule has 3 N–H and O–H groups in total. The normalized spacial score (nSPS) is 15.8. The van der Waals surface area contributed by atoms with Crippen LogP contribution in [0.3, 0.4) is 0 Å². The van der Waals surface area contributed by atoms with Gasteiger partial charge in [-0.3, -0.25) is 9.36 Å². The van der Waals surface area contributed by atoms with Crippen molar-refractivity contribution in [2.24, 2.45) is 0 Å². The number of quaternary nitrogens is 1. The minimum Gasteiger partial charge on any atom is -0.756 e.